The molecule has 0 spiro atoms. The van der Waals surface area contributed by atoms with Crippen LogP contribution in [-0.2, 0) is 6.18 Å². The summed E-state index contributed by atoms with van der Waals surface area (Å²) in [6.45, 7) is 1.90. The number of nitrogens with zero attached hydrogens (tertiary/aromatic N) is 2. The van der Waals surface area contributed by atoms with E-state index in [1.54, 1.807) is 37.3 Å². The second-order valence-electron chi connectivity index (χ2n) is 6.85. The molecule has 0 radical (unpaired) electrons. The van der Waals surface area contributed by atoms with Crippen LogP contribution in [0.3, 0.4) is 0 Å². The summed E-state index contributed by atoms with van der Waals surface area (Å²) in [5.41, 5.74) is -0.725. The third kappa shape index (κ3) is 7.22. The van der Waals surface area contributed by atoms with Crippen LogP contribution in [-0.4, -0.2) is 33.8 Å². The Labute approximate surface area is 191 Å². The van der Waals surface area contributed by atoms with Crippen LogP contribution < -0.4 is 20.7 Å². The molecule has 8 nitrogen and oxygen atoms in total. The maximum Gasteiger partial charge on any atom is 0.417 e. The lowest BCUT2D eigenvalue weighted by molar-refractivity contribution is -0.137. The van der Waals surface area contributed by atoms with Gasteiger partial charge in [-0.2, -0.15) is 18.2 Å². The number of anilines is 3. The zero-order valence-electron chi connectivity index (χ0n) is 17.2. The van der Waals surface area contributed by atoms with Gasteiger partial charge in [0, 0.05) is 30.2 Å². The van der Waals surface area contributed by atoms with Gasteiger partial charge in [-0.3, -0.25) is 0 Å². The van der Waals surface area contributed by atoms with E-state index in [0.29, 0.717) is 17.4 Å². The monoisotopic (exact) mass is 481 g/mol. The summed E-state index contributed by atoms with van der Waals surface area (Å²) in [5.74, 6) is 0.979. The number of alkyl halides is 3. The number of rotatable bonds is 7. The summed E-state index contributed by atoms with van der Waals surface area (Å²) in [4.78, 5) is 20.3. The normalized spacial score (nSPS) is 12.1. The van der Waals surface area contributed by atoms with Crippen molar-refractivity contribution >= 4 is 35.0 Å². The summed E-state index contributed by atoms with van der Waals surface area (Å²) >= 11 is 5.58. The predicted octanol–water partition coefficient (Wildman–Crippen LogP) is 5.38. The van der Waals surface area contributed by atoms with E-state index in [0.717, 1.165) is 12.1 Å². The van der Waals surface area contributed by atoms with Crippen LogP contribution >= 0.6 is 11.6 Å². The molecule has 4 N–H and O–H groups in total. The lowest BCUT2D eigenvalue weighted by atomic mass is 10.2. The fourth-order valence-electron chi connectivity index (χ4n) is 2.56. The number of carbonyl (C=O) groups is 1. The lowest BCUT2D eigenvalue weighted by Crippen LogP contribution is -2.19. The Bertz CT molecular complexity index is 1110. The number of benzene rings is 2. The summed E-state index contributed by atoms with van der Waals surface area (Å²) in [7, 11) is 0. The Balaban J connectivity index is 1.59. The molecule has 3 rings (SSSR count). The van der Waals surface area contributed by atoms with E-state index in [9.17, 15) is 23.1 Å². The number of hydrogen-bond acceptors (Lipinski definition) is 6. The van der Waals surface area contributed by atoms with Crippen LogP contribution in [0.25, 0.3) is 0 Å². The summed E-state index contributed by atoms with van der Waals surface area (Å²) in [6.07, 6.45) is -3.71. The molecule has 0 bridgehead atoms. The number of aliphatic hydroxyl groups excluding tert-OH is 1. The van der Waals surface area contributed by atoms with Crippen molar-refractivity contribution in [2.24, 2.45) is 0 Å². The number of aliphatic hydroxyl groups is 1. The molecule has 0 unspecified atom stereocenters. The van der Waals surface area contributed by atoms with Gasteiger partial charge >= 0.3 is 12.2 Å². The van der Waals surface area contributed by atoms with Crippen molar-refractivity contribution < 1.29 is 27.8 Å². The highest BCUT2D eigenvalue weighted by Crippen LogP contribution is 2.36. The van der Waals surface area contributed by atoms with Gasteiger partial charge in [0.25, 0.3) is 0 Å². The molecule has 2 aromatic carbocycles. The fourth-order valence-corrected chi connectivity index (χ4v) is 2.79. The highest BCUT2D eigenvalue weighted by Gasteiger charge is 2.33. The number of carbonyl (C=O) groups excluding carboxylic acids is 1. The highest BCUT2D eigenvalue weighted by atomic mass is 35.5. The van der Waals surface area contributed by atoms with E-state index in [4.69, 9.17) is 16.3 Å². The van der Waals surface area contributed by atoms with Gasteiger partial charge < -0.3 is 25.8 Å². The smallest absolute Gasteiger partial charge is 0.417 e. The first-order valence-electron chi connectivity index (χ1n) is 9.58. The lowest BCUT2D eigenvalue weighted by Gasteiger charge is -2.12. The number of amides is 2. The number of urea groups is 1. The molecular formula is C21H19ClF3N5O3. The van der Waals surface area contributed by atoms with E-state index < -0.39 is 28.9 Å². The second kappa shape index (κ2) is 10.4. The van der Waals surface area contributed by atoms with Crippen LogP contribution in [0.15, 0.2) is 54.7 Å². The molecule has 0 aliphatic heterocycles. The Kier molecular flexibility index (Phi) is 7.56. The van der Waals surface area contributed by atoms with Crippen molar-refractivity contribution in [1.82, 2.24) is 9.97 Å². The molecule has 0 saturated carbocycles. The Morgan fingerprint density at radius 2 is 1.79 bits per heavy atom. The minimum Gasteiger partial charge on any atom is -0.439 e. The largest absolute Gasteiger partial charge is 0.439 e. The minimum absolute atomic E-state index is 0.0621. The fraction of sp³-hybridized carbons (Fsp3) is 0.190. The SMILES string of the molecule is C[C@H](O)CNc1nccc(Oc2ccc(NC(=O)Nc3ccc(Cl)c(C(F)(F)F)c3)cc2)n1. The van der Waals surface area contributed by atoms with Gasteiger partial charge in [-0.25, -0.2) is 9.78 Å². The van der Waals surface area contributed by atoms with Crippen LogP contribution in [0.2, 0.25) is 5.02 Å². The summed E-state index contributed by atoms with van der Waals surface area (Å²) in [6, 6.07) is 10.1. The zero-order chi connectivity index (χ0) is 24.0. The second-order valence-corrected chi connectivity index (χ2v) is 7.25. The zero-order valence-corrected chi connectivity index (χ0v) is 17.9. The molecule has 33 heavy (non-hydrogen) atoms. The standard InChI is InChI=1S/C21H19ClF3N5O3/c1-12(31)11-27-19-26-9-8-18(30-19)33-15-5-2-13(3-6-15)28-20(32)29-14-4-7-17(22)16(10-14)21(23,24)25/h2-10,12,31H,11H2,1H3,(H,26,27,30)(H2,28,29,32)/t12-/m0/s1. The number of hydrogen-bond donors (Lipinski definition) is 4. The Hall–Kier alpha value is -3.57. The van der Waals surface area contributed by atoms with Crippen molar-refractivity contribution in [1.29, 1.82) is 0 Å². The van der Waals surface area contributed by atoms with Crippen molar-refractivity contribution in [3.8, 4) is 11.6 Å². The maximum absolute atomic E-state index is 13.0. The molecule has 12 heteroatoms. The van der Waals surface area contributed by atoms with Crippen molar-refractivity contribution in [3.05, 3.63) is 65.3 Å². The van der Waals surface area contributed by atoms with E-state index in [2.05, 4.69) is 25.9 Å². The number of nitrogens with one attached hydrogen (secondary N) is 3. The Morgan fingerprint density at radius 3 is 2.45 bits per heavy atom. The average Bonchev–Trinajstić information content (AvgIpc) is 2.74. The molecular weight excluding hydrogens is 463 g/mol. The Morgan fingerprint density at radius 1 is 1.12 bits per heavy atom. The van der Waals surface area contributed by atoms with E-state index in [1.807, 2.05) is 0 Å². The molecule has 1 aromatic heterocycles. The van der Waals surface area contributed by atoms with Gasteiger partial charge in [0.1, 0.15) is 5.75 Å². The molecule has 0 saturated heterocycles. The molecule has 1 atom stereocenters. The third-order valence-electron chi connectivity index (χ3n) is 4.05. The number of ether oxygens (including phenoxy) is 1. The molecule has 3 aromatic rings. The van der Waals surface area contributed by atoms with Gasteiger partial charge in [0.05, 0.1) is 16.7 Å². The van der Waals surface area contributed by atoms with Crippen LogP contribution in [0, 0.1) is 0 Å². The molecule has 0 fully saturated rings. The minimum atomic E-state index is -4.64. The van der Waals surface area contributed by atoms with Crippen molar-refractivity contribution in [3.63, 3.8) is 0 Å². The maximum atomic E-state index is 13.0. The number of halogens is 4. The van der Waals surface area contributed by atoms with Gasteiger partial charge in [-0.05, 0) is 49.4 Å². The van der Waals surface area contributed by atoms with Crippen molar-refractivity contribution in [2.45, 2.75) is 19.2 Å². The van der Waals surface area contributed by atoms with E-state index >= 15 is 0 Å². The van der Waals surface area contributed by atoms with E-state index in [-0.39, 0.29) is 18.1 Å². The van der Waals surface area contributed by atoms with Crippen LogP contribution in [0.4, 0.5) is 35.3 Å². The van der Waals surface area contributed by atoms with Gasteiger partial charge in [0.15, 0.2) is 0 Å². The van der Waals surface area contributed by atoms with Gasteiger partial charge in [-0.15, -0.1) is 0 Å². The third-order valence-corrected chi connectivity index (χ3v) is 4.38. The van der Waals surface area contributed by atoms with Gasteiger partial charge in [-0.1, -0.05) is 11.6 Å². The number of aromatic nitrogens is 2. The van der Waals surface area contributed by atoms with Crippen LogP contribution in [0.5, 0.6) is 11.6 Å². The van der Waals surface area contributed by atoms with Crippen molar-refractivity contribution in [2.75, 3.05) is 22.5 Å². The first-order chi connectivity index (χ1) is 15.6. The molecule has 0 aliphatic carbocycles. The van der Waals surface area contributed by atoms with Crippen LogP contribution in [0.1, 0.15) is 12.5 Å². The molecule has 1 heterocycles. The molecule has 0 aliphatic rings. The molecule has 2 amide bonds. The summed E-state index contributed by atoms with van der Waals surface area (Å²) < 4.78 is 44.5. The predicted molar refractivity (Wildman–Crippen MR) is 118 cm³/mol. The topological polar surface area (TPSA) is 108 Å². The first-order valence-corrected chi connectivity index (χ1v) is 9.95. The highest BCUT2D eigenvalue weighted by molar-refractivity contribution is 6.31. The summed E-state index contributed by atoms with van der Waals surface area (Å²) in [5, 5.41) is 16.6. The first kappa shape index (κ1) is 24.1. The quantitative estimate of drug-likeness (QED) is 0.361. The van der Waals surface area contributed by atoms with Gasteiger partial charge in [0.2, 0.25) is 11.8 Å². The van der Waals surface area contributed by atoms with E-state index in [1.165, 1.54) is 12.3 Å². The average molecular weight is 482 g/mol. The molecule has 174 valence electrons.